The Morgan fingerprint density at radius 2 is 1.88 bits per heavy atom. The van der Waals surface area contributed by atoms with Gasteiger partial charge < -0.3 is 0 Å². The van der Waals surface area contributed by atoms with Crippen molar-refractivity contribution < 1.29 is 9.59 Å². The van der Waals surface area contributed by atoms with Crippen molar-refractivity contribution in [3.8, 4) is 6.07 Å². The summed E-state index contributed by atoms with van der Waals surface area (Å²) in [5.41, 5.74) is 1.82. The van der Waals surface area contributed by atoms with E-state index < -0.39 is 0 Å². The van der Waals surface area contributed by atoms with E-state index in [9.17, 15) is 9.59 Å². The summed E-state index contributed by atoms with van der Waals surface area (Å²) in [6.07, 6.45) is 1.40. The zero-order chi connectivity index (χ0) is 12.4. The normalized spacial score (nSPS) is 15.9. The van der Waals surface area contributed by atoms with Crippen LogP contribution >= 0.6 is 0 Å². The summed E-state index contributed by atoms with van der Waals surface area (Å²) < 4.78 is 0. The molecule has 1 aliphatic rings. The fourth-order valence-electron chi connectivity index (χ4n) is 1.94. The number of aryl methyl sites for hydroxylation is 1. The van der Waals surface area contributed by atoms with Crippen LogP contribution < -0.4 is 4.90 Å². The number of carbonyl (C=O) groups excluding carboxylic acids is 2. The van der Waals surface area contributed by atoms with E-state index in [-0.39, 0.29) is 11.8 Å². The molecular weight excluding hydrogens is 216 g/mol. The quantitative estimate of drug-likeness (QED) is 0.690. The van der Waals surface area contributed by atoms with Crippen LogP contribution in [0.4, 0.5) is 5.69 Å². The van der Waals surface area contributed by atoms with E-state index >= 15 is 0 Å². The van der Waals surface area contributed by atoms with Crippen LogP contribution in [-0.2, 0) is 9.59 Å². The molecule has 2 amide bonds. The number of nitrogens with zero attached hydrogens (tertiary/aromatic N) is 2. The van der Waals surface area contributed by atoms with E-state index in [1.54, 1.807) is 18.2 Å². The first-order valence-electron chi connectivity index (χ1n) is 5.50. The third kappa shape index (κ3) is 2.04. The molecule has 4 nitrogen and oxygen atoms in total. The summed E-state index contributed by atoms with van der Waals surface area (Å²) in [6, 6.07) is 7.04. The number of rotatable bonds is 1. The topological polar surface area (TPSA) is 61.2 Å². The predicted molar refractivity (Wildman–Crippen MR) is 62.2 cm³/mol. The molecule has 1 aliphatic heterocycles. The number of imide groups is 1. The summed E-state index contributed by atoms with van der Waals surface area (Å²) in [7, 11) is 0. The van der Waals surface area contributed by atoms with Crippen molar-refractivity contribution in [1.82, 2.24) is 0 Å². The number of hydrogen-bond donors (Lipinski definition) is 0. The Morgan fingerprint density at radius 3 is 2.47 bits per heavy atom. The average Bonchev–Trinajstić information content (AvgIpc) is 2.31. The highest BCUT2D eigenvalue weighted by Gasteiger charge is 2.28. The number of hydrogen-bond acceptors (Lipinski definition) is 3. The predicted octanol–water partition coefficient (Wildman–Crippen LogP) is 1.91. The van der Waals surface area contributed by atoms with Crippen molar-refractivity contribution in [1.29, 1.82) is 5.26 Å². The second kappa shape index (κ2) is 4.38. The van der Waals surface area contributed by atoms with Crippen molar-refractivity contribution in [2.75, 3.05) is 4.90 Å². The van der Waals surface area contributed by atoms with Crippen LogP contribution in [0.1, 0.15) is 30.4 Å². The van der Waals surface area contributed by atoms with Gasteiger partial charge >= 0.3 is 0 Å². The largest absolute Gasteiger partial charge is 0.274 e. The second-order valence-corrected chi connectivity index (χ2v) is 4.09. The van der Waals surface area contributed by atoms with Gasteiger partial charge in [-0.2, -0.15) is 5.26 Å². The number of anilines is 1. The Morgan fingerprint density at radius 1 is 1.24 bits per heavy atom. The molecule has 1 aromatic carbocycles. The molecule has 0 aromatic heterocycles. The standard InChI is InChI=1S/C13H12N2O2/c1-9-5-6-10(8-14)7-11(9)15-12(16)3-2-4-13(15)17/h5-7H,2-4H2,1H3. The van der Waals surface area contributed by atoms with Crippen molar-refractivity contribution in [2.24, 2.45) is 0 Å². The number of benzene rings is 1. The Balaban J connectivity index is 2.48. The molecule has 0 N–H and O–H groups in total. The SMILES string of the molecule is Cc1ccc(C#N)cc1N1C(=O)CCCC1=O. The van der Waals surface area contributed by atoms with Gasteiger partial charge in [0.2, 0.25) is 11.8 Å². The smallest absolute Gasteiger partial charge is 0.233 e. The van der Waals surface area contributed by atoms with Gasteiger partial charge in [0.1, 0.15) is 0 Å². The first-order chi connectivity index (χ1) is 8.13. The number of amides is 2. The van der Waals surface area contributed by atoms with E-state index in [2.05, 4.69) is 0 Å². The summed E-state index contributed by atoms with van der Waals surface area (Å²) in [5.74, 6) is -0.362. The van der Waals surface area contributed by atoms with Crippen LogP contribution in [-0.4, -0.2) is 11.8 Å². The van der Waals surface area contributed by atoms with Gasteiger partial charge in [-0.15, -0.1) is 0 Å². The Hall–Kier alpha value is -2.15. The van der Waals surface area contributed by atoms with E-state index in [0.717, 1.165) is 5.56 Å². The van der Waals surface area contributed by atoms with Gasteiger partial charge in [-0.3, -0.25) is 14.5 Å². The summed E-state index contributed by atoms with van der Waals surface area (Å²) >= 11 is 0. The molecule has 0 spiro atoms. The molecule has 1 heterocycles. The molecule has 0 aliphatic carbocycles. The summed E-state index contributed by atoms with van der Waals surface area (Å²) in [5, 5.41) is 8.84. The second-order valence-electron chi connectivity index (χ2n) is 4.09. The molecule has 86 valence electrons. The molecule has 1 aromatic rings. The molecule has 0 atom stereocenters. The van der Waals surface area contributed by atoms with Crippen molar-refractivity contribution in [2.45, 2.75) is 26.2 Å². The summed E-state index contributed by atoms with van der Waals surface area (Å²) in [4.78, 5) is 24.8. The van der Waals surface area contributed by atoms with Gasteiger partial charge in [0, 0.05) is 12.8 Å². The van der Waals surface area contributed by atoms with E-state index in [1.807, 2.05) is 13.0 Å². The van der Waals surface area contributed by atoms with Gasteiger partial charge in [0.25, 0.3) is 0 Å². The van der Waals surface area contributed by atoms with Crippen LogP contribution in [0.15, 0.2) is 18.2 Å². The number of piperidine rings is 1. The van der Waals surface area contributed by atoms with Gasteiger partial charge in [-0.25, -0.2) is 0 Å². The number of carbonyl (C=O) groups is 2. The minimum atomic E-state index is -0.181. The lowest BCUT2D eigenvalue weighted by molar-refractivity contribution is -0.129. The maximum absolute atomic E-state index is 11.8. The van der Waals surface area contributed by atoms with Crippen molar-refractivity contribution >= 4 is 17.5 Å². The van der Waals surface area contributed by atoms with E-state index in [0.29, 0.717) is 30.5 Å². The fraction of sp³-hybridized carbons (Fsp3) is 0.308. The molecule has 1 saturated heterocycles. The zero-order valence-corrected chi connectivity index (χ0v) is 9.56. The molecule has 17 heavy (non-hydrogen) atoms. The van der Waals surface area contributed by atoms with Crippen LogP contribution in [0.5, 0.6) is 0 Å². The molecule has 0 bridgehead atoms. The first-order valence-corrected chi connectivity index (χ1v) is 5.50. The van der Waals surface area contributed by atoms with Gasteiger partial charge in [-0.1, -0.05) is 6.07 Å². The lowest BCUT2D eigenvalue weighted by Crippen LogP contribution is -2.40. The molecular formula is C13H12N2O2. The third-order valence-electron chi connectivity index (χ3n) is 2.86. The Labute approximate surface area is 99.5 Å². The lowest BCUT2D eigenvalue weighted by atomic mass is 10.0. The van der Waals surface area contributed by atoms with E-state index in [4.69, 9.17) is 5.26 Å². The number of nitriles is 1. The van der Waals surface area contributed by atoms with Gasteiger partial charge in [0.15, 0.2) is 0 Å². The lowest BCUT2D eigenvalue weighted by Gasteiger charge is -2.26. The molecule has 1 fully saturated rings. The maximum atomic E-state index is 11.8. The van der Waals surface area contributed by atoms with Crippen molar-refractivity contribution in [3.05, 3.63) is 29.3 Å². The molecule has 2 rings (SSSR count). The summed E-state index contributed by atoms with van der Waals surface area (Å²) in [6.45, 7) is 1.83. The van der Waals surface area contributed by atoms with Gasteiger partial charge in [-0.05, 0) is 31.0 Å². The van der Waals surface area contributed by atoms with Crippen LogP contribution in [0.3, 0.4) is 0 Å². The van der Waals surface area contributed by atoms with Crippen molar-refractivity contribution in [3.63, 3.8) is 0 Å². The van der Waals surface area contributed by atoms with Crippen LogP contribution in [0, 0.1) is 18.3 Å². The van der Waals surface area contributed by atoms with Gasteiger partial charge in [0.05, 0.1) is 17.3 Å². The monoisotopic (exact) mass is 228 g/mol. The minimum absolute atomic E-state index is 0.181. The highest BCUT2D eigenvalue weighted by atomic mass is 16.2. The Kier molecular flexibility index (Phi) is 2.92. The fourth-order valence-corrected chi connectivity index (χ4v) is 1.94. The molecule has 0 radical (unpaired) electrons. The maximum Gasteiger partial charge on any atom is 0.233 e. The third-order valence-corrected chi connectivity index (χ3v) is 2.86. The zero-order valence-electron chi connectivity index (χ0n) is 9.56. The first kappa shape index (κ1) is 11.3. The van der Waals surface area contributed by atoms with Crippen LogP contribution in [0.25, 0.3) is 0 Å². The molecule has 0 saturated carbocycles. The van der Waals surface area contributed by atoms with E-state index in [1.165, 1.54) is 4.90 Å². The molecule has 0 unspecified atom stereocenters. The Bertz CT molecular complexity index is 513. The highest BCUT2D eigenvalue weighted by Crippen LogP contribution is 2.26. The minimum Gasteiger partial charge on any atom is -0.274 e. The molecule has 4 heteroatoms. The average molecular weight is 228 g/mol. The van der Waals surface area contributed by atoms with Crippen LogP contribution in [0.2, 0.25) is 0 Å². The highest BCUT2D eigenvalue weighted by molar-refractivity contribution is 6.16.